The molecule has 0 saturated heterocycles. The number of hydrogen-bond acceptors (Lipinski definition) is 3. The summed E-state index contributed by atoms with van der Waals surface area (Å²) in [4.78, 5) is 18.5. The molecule has 0 aliphatic carbocycles. The number of carbonyl (C=O) groups is 2. The van der Waals surface area contributed by atoms with Crippen molar-refractivity contribution < 1.29 is 23.1 Å². The number of esters is 1. The van der Waals surface area contributed by atoms with Crippen LogP contribution in [0.5, 0.6) is 0 Å². The van der Waals surface area contributed by atoms with E-state index in [0.717, 1.165) is 12.1 Å². The van der Waals surface area contributed by atoms with E-state index in [1.165, 1.54) is 19.2 Å². The maximum atomic E-state index is 12.6. The first-order chi connectivity index (χ1) is 7.36. The van der Waals surface area contributed by atoms with Crippen LogP contribution in [0.1, 0.15) is 20.7 Å². The lowest BCUT2D eigenvalue weighted by molar-refractivity contribution is 0.0587. The normalized spacial score (nSPS) is 11.0. The number of hydrogen-bond donors (Lipinski definition) is 0. The zero-order chi connectivity index (χ0) is 12.3. The summed E-state index contributed by atoms with van der Waals surface area (Å²) >= 11 is 1.97. The standard InChI is InChI=1S/C10H7BrF2O3/c1-16-9(15)7-4-2-6(3-5-7)8(14)10(11,12)13/h2-5H,1H3. The first-order valence-corrected chi connectivity index (χ1v) is 4.95. The Morgan fingerprint density at radius 1 is 1.19 bits per heavy atom. The number of alkyl halides is 3. The number of benzene rings is 1. The Bertz CT molecular complexity index is 409. The molecule has 3 nitrogen and oxygen atoms in total. The topological polar surface area (TPSA) is 43.4 Å². The molecule has 0 bridgehead atoms. The predicted octanol–water partition coefficient (Wildman–Crippen LogP) is 2.64. The quantitative estimate of drug-likeness (QED) is 0.489. The van der Waals surface area contributed by atoms with Gasteiger partial charge in [-0.3, -0.25) is 4.79 Å². The number of carbonyl (C=O) groups excluding carboxylic acids is 2. The summed E-state index contributed by atoms with van der Waals surface area (Å²) in [6, 6.07) is 4.78. The van der Waals surface area contributed by atoms with Crippen molar-refractivity contribution in [1.82, 2.24) is 0 Å². The van der Waals surface area contributed by atoms with Gasteiger partial charge >= 0.3 is 10.8 Å². The number of Topliss-reactive ketones (excluding diaryl/α,β-unsaturated/α-hetero) is 1. The van der Waals surface area contributed by atoms with Gasteiger partial charge in [0.05, 0.1) is 12.7 Å². The zero-order valence-corrected chi connectivity index (χ0v) is 9.75. The lowest BCUT2D eigenvalue weighted by Gasteiger charge is -2.07. The van der Waals surface area contributed by atoms with Gasteiger partial charge in [0, 0.05) is 5.56 Å². The fraction of sp³-hybridized carbons (Fsp3) is 0.200. The number of halogens is 3. The smallest absolute Gasteiger partial charge is 0.363 e. The average molecular weight is 293 g/mol. The van der Waals surface area contributed by atoms with Crippen molar-refractivity contribution in [3.63, 3.8) is 0 Å². The minimum atomic E-state index is -3.60. The van der Waals surface area contributed by atoms with E-state index < -0.39 is 16.6 Å². The van der Waals surface area contributed by atoms with Gasteiger partial charge in [0.2, 0.25) is 5.78 Å². The Labute approximate surface area is 98.5 Å². The Morgan fingerprint density at radius 3 is 2.00 bits per heavy atom. The van der Waals surface area contributed by atoms with Crippen LogP contribution in [-0.2, 0) is 4.74 Å². The molecule has 0 aliphatic rings. The number of ketones is 1. The van der Waals surface area contributed by atoms with E-state index in [0.29, 0.717) is 0 Å². The second kappa shape index (κ2) is 4.69. The molecule has 0 saturated carbocycles. The number of rotatable bonds is 3. The van der Waals surface area contributed by atoms with Gasteiger partial charge in [-0.2, -0.15) is 8.78 Å². The molecule has 1 aromatic carbocycles. The third kappa shape index (κ3) is 2.85. The van der Waals surface area contributed by atoms with Crippen LogP contribution < -0.4 is 0 Å². The fourth-order valence-electron chi connectivity index (χ4n) is 1.04. The second-order valence-corrected chi connectivity index (χ2v) is 3.89. The minimum absolute atomic E-state index is 0.186. The monoisotopic (exact) mass is 292 g/mol. The highest BCUT2D eigenvalue weighted by atomic mass is 79.9. The molecule has 86 valence electrons. The van der Waals surface area contributed by atoms with Crippen molar-refractivity contribution in [2.75, 3.05) is 7.11 Å². The maximum absolute atomic E-state index is 12.6. The third-order valence-corrected chi connectivity index (χ3v) is 2.19. The molecule has 0 unspecified atom stereocenters. The summed E-state index contributed by atoms with van der Waals surface area (Å²) in [7, 11) is 1.20. The van der Waals surface area contributed by atoms with Crippen LogP contribution in [0.3, 0.4) is 0 Å². The molecule has 0 atom stereocenters. The van der Waals surface area contributed by atoms with Gasteiger partial charge in [-0.25, -0.2) is 4.79 Å². The van der Waals surface area contributed by atoms with E-state index in [2.05, 4.69) is 4.74 Å². The molecule has 6 heteroatoms. The van der Waals surface area contributed by atoms with Gasteiger partial charge in [0.1, 0.15) is 0 Å². The maximum Gasteiger partial charge on any atom is 0.363 e. The van der Waals surface area contributed by atoms with Gasteiger partial charge in [-0.1, -0.05) is 12.1 Å². The van der Waals surface area contributed by atoms with Crippen LogP contribution in [0.25, 0.3) is 0 Å². The summed E-state index contributed by atoms with van der Waals surface area (Å²) in [5, 5.41) is 0. The predicted molar refractivity (Wildman–Crippen MR) is 56.0 cm³/mol. The third-order valence-electron chi connectivity index (χ3n) is 1.83. The lowest BCUT2D eigenvalue weighted by atomic mass is 10.1. The van der Waals surface area contributed by atoms with Crippen molar-refractivity contribution >= 4 is 27.7 Å². The Hall–Kier alpha value is -1.30. The molecule has 0 fully saturated rings. The molecule has 1 rings (SSSR count). The first-order valence-electron chi connectivity index (χ1n) is 4.16. The molecule has 0 aliphatic heterocycles. The van der Waals surface area contributed by atoms with Gasteiger partial charge in [0.25, 0.3) is 0 Å². The summed E-state index contributed by atoms with van der Waals surface area (Å²) in [5.41, 5.74) is 0.00599. The van der Waals surface area contributed by atoms with Crippen LogP contribution in [0.2, 0.25) is 0 Å². The minimum Gasteiger partial charge on any atom is -0.465 e. The van der Waals surface area contributed by atoms with Crippen molar-refractivity contribution in [1.29, 1.82) is 0 Å². The van der Waals surface area contributed by atoms with Crippen LogP contribution in [-0.4, -0.2) is 23.7 Å². The Balaban J connectivity index is 2.96. The molecule has 0 radical (unpaired) electrons. The lowest BCUT2D eigenvalue weighted by Crippen LogP contribution is -2.20. The van der Waals surface area contributed by atoms with E-state index in [4.69, 9.17) is 0 Å². The molecule has 0 spiro atoms. The SMILES string of the molecule is COC(=O)c1ccc(C(=O)C(F)(F)Br)cc1. The van der Waals surface area contributed by atoms with Crippen LogP contribution in [0.4, 0.5) is 8.78 Å². The summed E-state index contributed by atoms with van der Waals surface area (Å²) in [6.07, 6.45) is 0. The van der Waals surface area contributed by atoms with Crippen molar-refractivity contribution in [3.05, 3.63) is 35.4 Å². The highest BCUT2D eigenvalue weighted by molar-refractivity contribution is 9.10. The van der Waals surface area contributed by atoms with E-state index in [9.17, 15) is 18.4 Å². The number of methoxy groups -OCH3 is 1. The Kier molecular flexibility index (Phi) is 3.74. The van der Waals surface area contributed by atoms with Crippen LogP contribution in [0.15, 0.2) is 24.3 Å². The second-order valence-electron chi connectivity index (χ2n) is 2.90. The van der Waals surface area contributed by atoms with Crippen LogP contribution >= 0.6 is 15.9 Å². The molecule has 0 amide bonds. The van der Waals surface area contributed by atoms with Gasteiger partial charge in [0.15, 0.2) is 0 Å². The Morgan fingerprint density at radius 2 is 1.62 bits per heavy atom. The fourth-order valence-corrected chi connectivity index (χ4v) is 1.27. The van der Waals surface area contributed by atoms with E-state index in [-0.39, 0.29) is 11.1 Å². The molecule has 0 heterocycles. The van der Waals surface area contributed by atoms with E-state index in [1.807, 2.05) is 15.9 Å². The highest BCUT2D eigenvalue weighted by Crippen LogP contribution is 2.26. The molecular weight excluding hydrogens is 286 g/mol. The number of ether oxygens (including phenoxy) is 1. The van der Waals surface area contributed by atoms with E-state index >= 15 is 0 Å². The molecular formula is C10H7BrF2O3. The zero-order valence-electron chi connectivity index (χ0n) is 8.17. The van der Waals surface area contributed by atoms with Gasteiger partial charge in [-0.05, 0) is 28.1 Å². The summed E-state index contributed by atoms with van der Waals surface area (Å²) in [6.45, 7) is 0. The summed E-state index contributed by atoms with van der Waals surface area (Å²) < 4.78 is 29.6. The van der Waals surface area contributed by atoms with Crippen molar-refractivity contribution in [2.45, 2.75) is 4.83 Å². The van der Waals surface area contributed by atoms with Gasteiger partial charge < -0.3 is 4.74 Å². The van der Waals surface area contributed by atoms with Gasteiger partial charge in [-0.15, -0.1) is 0 Å². The van der Waals surface area contributed by atoms with Crippen molar-refractivity contribution in [3.8, 4) is 0 Å². The molecule has 16 heavy (non-hydrogen) atoms. The highest BCUT2D eigenvalue weighted by Gasteiger charge is 2.35. The van der Waals surface area contributed by atoms with Crippen molar-refractivity contribution in [2.24, 2.45) is 0 Å². The largest absolute Gasteiger partial charge is 0.465 e. The summed E-state index contributed by atoms with van der Waals surface area (Å²) in [5.74, 6) is -1.95. The van der Waals surface area contributed by atoms with Crippen LogP contribution in [0, 0.1) is 0 Å². The average Bonchev–Trinajstić information content (AvgIpc) is 2.26. The molecule has 0 N–H and O–H groups in total. The molecule has 0 aromatic heterocycles. The van der Waals surface area contributed by atoms with E-state index in [1.54, 1.807) is 0 Å². The molecule has 1 aromatic rings. The first kappa shape index (κ1) is 12.8.